The van der Waals surface area contributed by atoms with Crippen LogP contribution in [0.4, 0.5) is 11.4 Å². The molecule has 0 spiro atoms. The Balaban J connectivity index is 1.88. The third-order valence-electron chi connectivity index (χ3n) is 4.49. The molecular weight excluding hydrogens is 252 g/mol. The van der Waals surface area contributed by atoms with Crippen molar-refractivity contribution in [3.8, 4) is 0 Å². The van der Waals surface area contributed by atoms with E-state index in [1.807, 2.05) is 12.1 Å². The lowest BCUT2D eigenvalue weighted by atomic mass is 10.1. The Kier molecular flexibility index (Phi) is 3.53. The number of anilines is 2. The minimum Gasteiger partial charge on any atom is -0.396 e. The van der Waals surface area contributed by atoms with E-state index in [0.29, 0.717) is 17.3 Å². The second-order valence-electron chi connectivity index (χ2n) is 5.73. The Morgan fingerprint density at radius 3 is 2.80 bits per heavy atom. The third-order valence-corrected chi connectivity index (χ3v) is 4.49. The second kappa shape index (κ2) is 5.32. The number of fused-ring (bicyclic) bond motifs is 1. The van der Waals surface area contributed by atoms with Crippen molar-refractivity contribution in [1.29, 1.82) is 0 Å². The fourth-order valence-electron chi connectivity index (χ4n) is 3.47. The van der Waals surface area contributed by atoms with Crippen molar-refractivity contribution in [2.45, 2.75) is 25.3 Å². The minimum atomic E-state index is -0.457. The number of carbonyl (C=O) groups is 1. The molecule has 108 valence electrons. The van der Waals surface area contributed by atoms with Crippen LogP contribution < -0.4 is 16.4 Å². The molecule has 0 aromatic heterocycles. The molecule has 5 nitrogen and oxygen atoms in total. The van der Waals surface area contributed by atoms with Crippen molar-refractivity contribution in [3.05, 3.63) is 23.8 Å². The molecular formula is C15H22N4O. The molecule has 20 heavy (non-hydrogen) atoms. The molecule has 3 rings (SSSR count). The maximum absolute atomic E-state index is 11.4. The summed E-state index contributed by atoms with van der Waals surface area (Å²) in [5.74, 6) is -0.457. The van der Waals surface area contributed by atoms with Crippen LogP contribution in [-0.4, -0.2) is 43.0 Å². The quantitative estimate of drug-likeness (QED) is 0.790. The van der Waals surface area contributed by atoms with Crippen LogP contribution >= 0.6 is 0 Å². The Labute approximate surface area is 119 Å². The monoisotopic (exact) mass is 274 g/mol. The van der Waals surface area contributed by atoms with E-state index < -0.39 is 5.91 Å². The lowest BCUT2D eigenvalue weighted by molar-refractivity contribution is 0.100. The lowest BCUT2D eigenvalue weighted by Gasteiger charge is -2.28. The average molecular weight is 274 g/mol. The summed E-state index contributed by atoms with van der Waals surface area (Å²) in [6.45, 7) is 4.36. The molecule has 1 amide bonds. The zero-order valence-corrected chi connectivity index (χ0v) is 11.7. The molecule has 2 heterocycles. The van der Waals surface area contributed by atoms with Crippen LogP contribution in [0.15, 0.2) is 18.2 Å². The van der Waals surface area contributed by atoms with E-state index in [9.17, 15) is 4.79 Å². The summed E-state index contributed by atoms with van der Waals surface area (Å²) in [6, 6.07) is 6.17. The number of nitrogens with two attached hydrogens (primary N) is 2. The van der Waals surface area contributed by atoms with Gasteiger partial charge in [-0.15, -0.1) is 0 Å². The van der Waals surface area contributed by atoms with Gasteiger partial charge < -0.3 is 16.4 Å². The van der Waals surface area contributed by atoms with E-state index in [2.05, 4.69) is 9.80 Å². The number of para-hydroxylation sites is 1. The Hall–Kier alpha value is -1.75. The number of primary amides is 1. The molecule has 2 saturated heterocycles. The van der Waals surface area contributed by atoms with Crippen LogP contribution in [0.3, 0.4) is 0 Å². The van der Waals surface area contributed by atoms with Crippen molar-refractivity contribution in [2.75, 3.05) is 36.8 Å². The van der Waals surface area contributed by atoms with Crippen molar-refractivity contribution in [2.24, 2.45) is 5.73 Å². The average Bonchev–Trinajstić information content (AvgIpc) is 2.76. The van der Waals surface area contributed by atoms with Gasteiger partial charge in [-0.3, -0.25) is 9.69 Å². The molecule has 5 heteroatoms. The molecule has 4 N–H and O–H groups in total. The first kappa shape index (κ1) is 13.2. The minimum absolute atomic E-state index is 0.426. The van der Waals surface area contributed by atoms with Gasteiger partial charge in [-0.1, -0.05) is 6.07 Å². The first-order valence-corrected chi connectivity index (χ1v) is 7.34. The van der Waals surface area contributed by atoms with Gasteiger partial charge in [0.15, 0.2) is 0 Å². The highest BCUT2D eigenvalue weighted by Gasteiger charge is 2.29. The standard InChI is InChI=1S/C15H22N4O/c16-14-12(15(17)20)5-1-6-13(14)19-9-3-8-18-7-2-4-11(18)10-19/h1,5-6,11H,2-4,7-10,16H2,(H2,17,20). The topological polar surface area (TPSA) is 75.6 Å². The van der Waals surface area contributed by atoms with Gasteiger partial charge in [0.05, 0.1) is 16.9 Å². The second-order valence-corrected chi connectivity index (χ2v) is 5.73. The SMILES string of the molecule is NC(=O)c1cccc(N2CCCN3CCCC3C2)c1N. The zero-order valence-electron chi connectivity index (χ0n) is 11.7. The maximum atomic E-state index is 11.4. The molecule has 2 aliphatic heterocycles. The van der Waals surface area contributed by atoms with Crippen LogP contribution in [0.25, 0.3) is 0 Å². The molecule has 2 fully saturated rings. The Morgan fingerprint density at radius 1 is 1.20 bits per heavy atom. The van der Waals surface area contributed by atoms with Crippen molar-refractivity contribution in [1.82, 2.24) is 4.90 Å². The molecule has 0 bridgehead atoms. The van der Waals surface area contributed by atoms with Gasteiger partial charge in [-0.05, 0) is 37.9 Å². The third kappa shape index (κ3) is 2.33. The van der Waals surface area contributed by atoms with E-state index in [1.165, 1.54) is 19.4 Å². The van der Waals surface area contributed by atoms with Gasteiger partial charge in [0.2, 0.25) is 0 Å². The highest BCUT2D eigenvalue weighted by atomic mass is 16.1. The van der Waals surface area contributed by atoms with Crippen LogP contribution in [0.1, 0.15) is 29.6 Å². The van der Waals surface area contributed by atoms with Crippen LogP contribution in [0, 0.1) is 0 Å². The largest absolute Gasteiger partial charge is 0.396 e. The first-order valence-electron chi connectivity index (χ1n) is 7.34. The summed E-state index contributed by atoms with van der Waals surface area (Å²) in [6.07, 6.45) is 3.68. The van der Waals surface area contributed by atoms with Crippen LogP contribution in [0.2, 0.25) is 0 Å². The van der Waals surface area contributed by atoms with Gasteiger partial charge in [-0.2, -0.15) is 0 Å². The predicted molar refractivity (Wildman–Crippen MR) is 80.8 cm³/mol. The smallest absolute Gasteiger partial charge is 0.250 e. The fraction of sp³-hybridized carbons (Fsp3) is 0.533. The van der Waals surface area contributed by atoms with Crippen LogP contribution in [0.5, 0.6) is 0 Å². The number of benzene rings is 1. The van der Waals surface area contributed by atoms with E-state index in [4.69, 9.17) is 11.5 Å². The van der Waals surface area contributed by atoms with Crippen molar-refractivity contribution in [3.63, 3.8) is 0 Å². The summed E-state index contributed by atoms with van der Waals surface area (Å²) < 4.78 is 0. The normalized spacial score (nSPS) is 23.4. The zero-order chi connectivity index (χ0) is 14.1. The summed E-state index contributed by atoms with van der Waals surface area (Å²) in [5.41, 5.74) is 13.4. The van der Waals surface area contributed by atoms with E-state index in [-0.39, 0.29) is 0 Å². The summed E-state index contributed by atoms with van der Waals surface area (Å²) in [4.78, 5) is 16.3. The number of amides is 1. The number of carbonyl (C=O) groups excluding carboxylic acids is 1. The van der Waals surface area contributed by atoms with E-state index in [0.717, 1.165) is 31.7 Å². The maximum Gasteiger partial charge on any atom is 0.250 e. The molecule has 1 atom stereocenters. The Bertz CT molecular complexity index is 517. The van der Waals surface area contributed by atoms with Gasteiger partial charge >= 0.3 is 0 Å². The number of nitrogens with zero attached hydrogens (tertiary/aromatic N) is 2. The molecule has 2 aliphatic rings. The number of hydrogen-bond acceptors (Lipinski definition) is 4. The molecule has 1 aromatic carbocycles. The summed E-state index contributed by atoms with van der Waals surface area (Å²) >= 11 is 0. The van der Waals surface area contributed by atoms with Gasteiger partial charge in [-0.25, -0.2) is 0 Å². The molecule has 1 aromatic rings. The molecule has 0 saturated carbocycles. The van der Waals surface area contributed by atoms with Crippen molar-refractivity contribution < 1.29 is 4.79 Å². The fourth-order valence-corrected chi connectivity index (χ4v) is 3.47. The van der Waals surface area contributed by atoms with E-state index >= 15 is 0 Å². The highest BCUT2D eigenvalue weighted by Crippen LogP contribution is 2.30. The van der Waals surface area contributed by atoms with Crippen molar-refractivity contribution >= 4 is 17.3 Å². The van der Waals surface area contributed by atoms with Gasteiger partial charge in [0, 0.05) is 25.7 Å². The Morgan fingerprint density at radius 2 is 2.00 bits per heavy atom. The summed E-state index contributed by atoms with van der Waals surface area (Å²) in [5, 5.41) is 0. The molecule has 0 radical (unpaired) electrons. The highest BCUT2D eigenvalue weighted by molar-refractivity contribution is 6.00. The predicted octanol–water partition coefficient (Wildman–Crippen LogP) is 1.04. The summed E-state index contributed by atoms with van der Waals surface area (Å²) in [7, 11) is 0. The van der Waals surface area contributed by atoms with E-state index in [1.54, 1.807) is 6.07 Å². The van der Waals surface area contributed by atoms with Crippen LogP contribution in [-0.2, 0) is 0 Å². The van der Waals surface area contributed by atoms with Gasteiger partial charge in [0.25, 0.3) is 5.91 Å². The number of hydrogen-bond donors (Lipinski definition) is 2. The molecule has 1 unspecified atom stereocenters. The number of nitrogen functional groups attached to an aromatic ring is 1. The first-order chi connectivity index (χ1) is 9.66. The molecule has 0 aliphatic carbocycles. The van der Waals surface area contributed by atoms with Gasteiger partial charge in [0.1, 0.15) is 0 Å². The lowest BCUT2D eigenvalue weighted by Crippen LogP contribution is -2.37. The number of rotatable bonds is 2.